The molecule has 2 heterocycles. The van der Waals surface area contributed by atoms with E-state index in [0.29, 0.717) is 30.5 Å². The number of para-hydroxylation sites is 1. The van der Waals surface area contributed by atoms with Gasteiger partial charge >= 0.3 is 0 Å². The van der Waals surface area contributed by atoms with E-state index in [9.17, 15) is 9.59 Å². The SMILES string of the molecule is C=CC(=O)NC1CCCN(c2ncc(C(N)=O)c(Oc3ccc(Oc4ccccc4)cc3)n2)C1. The molecule has 1 aliphatic rings. The van der Waals surface area contributed by atoms with E-state index in [4.69, 9.17) is 15.2 Å². The molecular formula is C25H25N5O4. The molecule has 9 nitrogen and oxygen atoms in total. The first-order valence-electron chi connectivity index (χ1n) is 10.9. The summed E-state index contributed by atoms with van der Waals surface area (Å²) in [4.78, 5) is 34.3. The molecule has 3 aromatic rings. The third-order valence-corrected chi connectivity index (χ3v) is 5.26. The van der Waals surface area contributed by atoms with Crippen molar-refractivity contribution < 1.29 is 19.1 Å². The second-order valence-corrected chi connectivity index (χ2v) is 7.74. The summed E-state index contributed by atoms with van der Waals surface area (Å²) in [6, 6.07) is 16.3. The lowest BCUT2D eigenvalue weighted by Gasteiger charge is -2.33. The maximum Gasteiger partial charge on any atom is 0.255 e. The summed E-state index contributed by atoms with van der Waals surface area (Å²) in [7, 11) is 0. The standard InChI is InChI=1S/C25H25N5O4/c1-2-22(31)28-17-7-6-14-30(16-17)25-27-15-21(23(26)32)24(29-25)34-20-12-10-19(11-13-20)33-18-8-4-3-5-9-18/h2-5,8-13,15,17H,1,6-7,14,16H2,(H2,26,32)(H,28,31). The number of carbonyl (C=O) groups excluding carboxylic acids is 2. The predicted octanol–water partition coefficient (Wildman–Crippen LogP) is 3.43. The van der Waals surface area contributed by atoms with Crippen LogP contribution in [0.5, 0.6) is 23.1 Å². The number of nitrogens with zero attached hydrogens (tertiary/aromatic N) is 3. The number of primary amides is 1. The van der Waals surface area contributed by atoms with Crippen molar-refractivity contribution in [2.24, 2.45) is 5.73 Å². The van der Waals surface area contributed by atoms with E-state index in [0.717, 1.165) is 18.6 Å². The molecule has 1 unspecified atom stereocenters. The van der Waals surface area contributed by atoms with E-state index in [-0.39, 0.29) is 23.4 Å². The first kappa shape index (κ1) is 22.8. The lowest BCUT2D eigenvalue weighted by atomic mass is 10.1. The van der Waals surface area contributed by atoms with E-state index < -0.39 is 5.91 Å². The number of hydrogen-bond acceptors (Lipinski definition) is 7. The van der Waals surface area contributed by atoms with Gasteiger partial charge in [0.25, 0.3) is 5.91 Å². The summed E-state index contributed by atoms with van der Waals surface area (Å²) in [5.41, 5.74) is 5.58. The summed E-state index contributed by atoms with van der Waals surface area (Å²) >= 11 is 0. The molecule has 3 N–H and O–H groups in total. The van der Waals surface area contributed by atoms with Crippen molar-refractivity contribution in [3.05, 3.63) is 79.0 Å². The van der Waals surface area contributed by atoms with Crippen LogP contribution in [-0.2, 0) is 4.79 Å². The highest BCUT2D eigenvalue weighted by molar-refractivity contribution is 5.95. The van der Waals surface area contributed by atoms with Crippen LogP contribution in [-0.4, -0.2) is 40.9 Å². The lowest BCUT2D eigenvalue weighted by molar-refractivity contribution is -0.117. The topological polar surface area (TPSA) is 120 Å². The van der Waals surface area contributed by atoms with Crippen LogP contribution >= 0.6 is 0 Å². The van der Waals surface area contributed by atoms with E-state index in [1.54, 1.807) is 24.3 Å². The number of benzene rings is 2. The number of nitrogens with two attached hydrogens (primary N) is 1. The first-order valence-corrected chi connectivity index (χ1v) is 10.9. The third kappa shape index (κ3) is 5.69. The fraction of sp³-hybridized carbons (Fsp3) is 0.200. The molecule has 0 spiro atoms. The van der Waals surface area contributed by atoms with Gasteiger partial charge in [0.15, 0.2) is 0 Å². The van der Waals surface area contributed by atoms with E-state index in [1.165, 1.54) is 12.3 Å². The van der Waals surface area contributed by atoms with Gasteiger partial charge in [0.1, 0.15) is 22.8 Å². The van der Waals surface area contributed by atoms with Gasteiger partial charge in [0, 0.05) is 25.3 Å². The number of nitrogens with one attached hydrogen (secondary N) is 1. The number of rotatable bonds is 8. The molecule has 34 heavy (non-hydrogen) atoms. The smallest absolute Gasteiger partial charge is 0.255 e. The van der Waals surface area contributed by atoms with Gasteiger partial charge in [-0.25, -0.2) is 4.98 Å². The number of hydrogen-bond donors (Lipinski definition) is 2. The summed E-state index contributed by atoms with van der Waals surface area (Å²) < 4.78 is 11.7. The monoisotopic (exact) mass is 459 g/mol. The van der Waals surface area contributed by atoms with Crippen molar-refractivity contribution in [2.45, 2.75) is 18.9 Å². The Hall–Kier alpha value is -4.40. The van der Waals surface area contributed by atoms with E-state index in [1.807, 2.05) is 35.2 Å². The zero-order valence-electron chi connectivity index (χ0n) is 18.5. The largest absolute Gasteiger partial charge is 0.457 e. The van der Waals surface area contributed by atoms with Gasteiger partial charge < -0.3 is 25.4 Å². The molecular weight excluding hydrogens is 434 g/mol. The van der Waals surface area contributed by atoms with Gasteiger partial charge in [-0.15, -0.1) is 0 Å². The molecule has 1 saturated heterocycles. The summed E-state index contributed by atoms with van der Waals surface area (Å²) in [5, 5.41) is 2.90. The molecule has 1 atom stereocenters. The molecule has 2 amide bonds. The van der Waals surface area contributed by atoms with Crippen molar-refractivity contribution in [3.63, 3.8) is 0 Å². The molecule has 1 aliphatic heterocycles. The molecule has 0 bridgehead atoms. The number of carbonyl (C=O) groups is 2. The zero-order chi connectivity index (χ0) is 23.9. The van der Waals surface area contributed by atoms with Crippen molar-refractivity contribution in [3.8, 4) is 23.1 Å². The highest BCUT2D eigenvalue weighted by atomic mass is 16.5. The summed E-state index contributed by atoms with van der Waals surface area (Å²) in [6.45, 7) is 4.73. The van der Waals surface area contributed by atoms with Crippen LogP contribution in [0.1, 0.15) is 23.2 Å². The average Bonchev–Trinajstić information content (AvgIpc) is 2.86. The number of ether oxygens (including phenoxy) is 2. The fourth-order valence-electron chi connectivity index (χ4n) is 3.61. The minimum absolute atomic E-state index is 0.0554. The van der Waals surface area contributed by atoms with Crippen molar-refractivity contribution in [1.29, 1.82) is 0 Å². The Morgan fingerprint density at radius 3 is 2.41 bits per heavy atom. The third-order valence-electron chi connectivity index (χ3n) is 5.26. The minimum atomic E-state index is -0.694. The van der Waals surface area contributed by atoms with Crippen LogP contribution in [0.4, 0.5) is 5.95 Å². The van der Waals surface area contributed by atoms with Crippen LogP contribution in [0.3, 0.4) is 0 Å². The van der Waals surface area contributed by atoms with Crippen molar-refractivity contribution in [1.82, 2.24) is 15.3 Å². The molecule has 174 valence electrons. The fourth-order valence-corrected chi connectivity index (χ4v) is 3.61. The van der Waals surface area contributed by atoms with Gasteiger partial charge in [-0.2, -0.15) is 4.98 Å². The molecule has 0 aliphatic carbocycles. The number of piperidine rings is 1. The maximum atomic E-state index is 11.9. The Balaban J connectivity index is 1.50. The van der Waals surface area contributed by atoms with E-state index >= 15 is 0 Å². The zero-order valence-corrected chi connectivity index (χ0v) is 18.5. The van der Waals surface area contributed by atoms with Gasteiger partial charge in [0.05, 0.1) is 0 Å². The minimum Gasteiger partial charge on any atom is -0.457 e. The van der Waals surface area contributed by atoms with Crippen LogP contribution < -0.4 is 25.4 Å². The summed E-state index contributed by atoms with van der Waals surface area (Å²) in [5.74, 6) is 1.35. The van der Waals surface area contributed by atoms with Crippen LogP contribution in [0.15, 0.2) is 73.4 Å². The molecule has 4 rings (SSSR count). The highest BCUT2D eigenvalue weighted by Crippen LogP contribution is 2.29. The van der Waals surface area contributed by atoms with Gasteiger partial charge in [0.2, 0.25) is 17.7 Å². The molecule has 0 radical (unpaired) electrons. The number of aromatic nitrogens is 2. The number of amides is 2. The van der Waals surface area contributed by atoms with Crippen LogP contribution in [0, 0.1) is 0 Å². The van der Waals surface area contributed by atoms with Crippen molar-refractivity contribution >= 4 is 17.8 Å². The Kier molecular flexibility index (Phi) is 7.02. The van der Waals surface area contributed by atoms with Crippen LogP contribution in [0.2, 0.25) is 0 Å². The van der Waals surface area contributed by atoms with Gasteiger partial charge in [-0.1, -0.05) is 24.8 Å². The molecule has 2 aromatic carbocycles. The van der Waals surface area contributed by atoms with Crippen LogP contribution in [0.25, 0.3) is 0 Å². The number of anilines is 1. The second-order valence-electron chi connectivity index (χ2n) is 7.74. The molecule has 0 saturated carbocycles. The Morgan fingerprint density at radius 1 is 1.06 bits per heavy atom. The Morgan fingerprint density at radius 2 is 1.74 bits per heavy atom. The molecule has 9 heteroatoms. The second kappa shape index (κ2) is 10.5. The van der Waals surface area contributed by atoms with E-state index in [2.05, 4.69) is 21.9 Å². The normalized spacial score (nSPS) is 15.3. The Labute approximate surface area is 197 Å². The average molecular weight is 460 g/mol. The molecule has 1 aromatic heterocycles. The highest BCUT2D eigenvalue weighted by Gasteiger charge is 2.24. The van der Waals surface area contributed by atoms with Crippen molar-refractivity contribution in [2.75, 3.05) is 18.0 Å². The first-order chi connectivity index (χ1) is 16.5. The maximum absolute atomic E-state index is 11.9. The predicted molar refractivity (Wildman–Crippen MR) is 127 cm³/mol. The Bertz CT molecular complexity index is 1170. The molecule has 1 fully saturated rings. The van der Waals surface area contributed by atoms with Gasteiger partial charge in [-0.05, 0) is 55.3 Å². The summed E-state index contributed by atoms with van der Waals surface area (Å²) in [6.07, 6.45) is 4.30. The lowest BCUT2D eigenvalue weighted by Crippen LogP contribution is -2.48. The van der Waals surface area contributed by atoms with Gasteiger partial charge in [-0.3, -0.25) is 9.59 Å². The quantitative estimate of drug-likeness (QED) is 0.495.